The van der Waals surface area contributed by atoms with Crippen LogP contribution in [0.2, 0.25) is 0 Å². The number of halogens is 1. The number of nitrogens with zero attached hydrogens (tertiary/aromatic N) is 9. The highest BCUT2D eigenvalue weighted by atomic mass is 19.1. The molecule has 1 aromatic carbocycles. The summed E-state index contributed by atoms with van der Waals surface area (Å²) in [6.07, 6.45) is 8.54. The van der Waals surface area contributed by atoms with Crippen molar-refractivity contribution in [3.63, 3.8) is 0 Å². The van der Waals surface area contributed by atoms with Gasteiger partial charge in [0.2, 0.25) is 5.91 Å². The zero-order chi connectivity index (χ0) is 20.5. The molecule has 0 aliphatic carbocycles. The van der Waals surface area contributed by atoms with Gasteiger partial charge in [0, 0.05) is 24.8 Å². The molecule has 1 fully saturated rings. The number of rotatable bonds is 6. The largest absolute Gasteiger partial charge is 0.337 e. The summed E-state index contributed by atoms with van der Waals surface area (Å²) in [4.78, 5) is 15.8. The summed E-state index contributed by atoms with van der Waals surface area (Å²) in [5, 5.41) is 20.6. The molecular weight excluding hydrogens is 389 g/mol. The maximum absolute atomic E-state index is 13.1. The molecular formula is C19H18FN9O. The van der Waals surface area contributed by atoms with Crippen molar-refractivity contribution in [1.82, 2.24) is 44.7 Å². The summed E-state index contributed by atoms with van der Waals surface area (Å²) in [6, 6.07) is 6.28. The minimum atomic E-state index is -0.286. The van der Waals surface area contributed by atoms with Gasteiger partial charge in [-0.3, -0.25) is 9.48 Å². The molecule has 1 aliphatic rings. The molecule has 11 heteroatoms. The Kier molecular flexibility index (Phi) is 4.54. The molecule has 0 bridgehead atoms. The second-order valence-electron chi connectivity index (χ2n) is 7.14. The average molecular weight is 407 g/mol. The van der Waals surface area contributed by atoms with Crippen molar-refractivity contribution >= 4 is 5.91 Å². The summed E-state index contributed by atoms with van der Waals surface area (Å²) >= 11 is 0. The fraction of sp³-hybridized carbons (Fsp3) is 0.263. The van der Waals surface area contributed by atoms with E-state index in [1.807, 2.05) is 6.20 Å². The van der Waals surface area contributed by atoms with Gasteiger partial charge < -0.3 is 4.90 Å². The van der Waals surface area contributed by atoms with Gasteiger partial charge in [0.1, 0.15) is 24.6 Å². The lowest BCUT2D eigenvalue weighted by atomic mass is 10.1. The zero-order valence-corrected chi connectivity index (χ0v) is 15.9. The summed E-state index contributed by atoms with van der Waals surface area (Å²) < 4.78 is 16.4. The predicted molar refractivity (Wildman–Crippen MR) is 102 cm³/mol. The van der Waals surface area contributed by atoms with Crippen molar-refractivity contribution < 1.29 is 9.18 Å². The lowest BCUT2D eigenvalue weighted by molar-refractivity contribution is -0.138. The highest BCUT2D eigenvalue weighted by Gasteiger charge is 2.32. The normalized spacial score (nSPS) is 14.1. The Hall–Kier alpha value is -3.89. The second-order valence-corrected chi connectivity index (χ2v) is 7.14. The van der Waals surface area contributed by atoms with E-state index in [1.165, 1.54) is 16.9 Å². The van der Waals surface area contributed by atoms with E-state index < -0.39 is 0 Å². The Morgan fingerprint density at radius 3 is 2.57 bits per heavy atom. The third-order valence-electron chi connectivity index (χ3n) is 5.02. The number of hydrogen-bond acceptors (Lipinski definition) is 6. The van der Waals surface area contributed by atoms with Gasteiger partial charge in [-0.05, 0) is 17.7 Å². The summed E-state index contributed by atoms with van der Waals surface area (Å²) in [7, 11) is 0. The average Bonchev–Trinajstić information content (AvgIpc) is 3.45. The zero-order valence-electron chi connectivity index (χ0n) is 15.9. The molecule has 5 rings (SSSR count). The van der Waals surface area contributed by atoms with Gasteiger partial charge in [0.05, 0.1) is 30.8 Å². The van der Waals surface area contributed by atoms with Gasteiger partial charge in [-0.1, -0.05) is 17.3 Å². The van der Waals surface area contributed by atoms with E-state index in [2.05, 4.69) is 25.6 Å². The fourth-order valence-electron chi connectivity index (χ4n) is 3.34. The Morgan fingerprint density at radius 2 is 1.80 bits per heavy atom. The van der Waals surface area contributed by atoms with Gasteiger partial charge in [-0.15, -0.1) is 5.10 Å². The van der Waals surface area contributed by atoms with Crippen molar-refractivity contribution in [2.45, 2.75) is 19.1 Å². The maximum Gasteiger partial charge on any atom is 0.244 e. The molecule has 0 spiro atoms. The van der Waals surface area contributed by atoms with E-state index in [0.29, 0.717) is 19.6 Å². The van der Waals surface area contributed by atoms with E-state index in [0.717, 1.165) is 16.8 Å². The molecule has 1 amide bonds. The van der Waals surface area contributed by atoms with E-state index in [9.17, 15) is 9.18 Å². The summed E-state index contributed by atoms with van der Waals surface area (Å²) in [5.74, 6) is -0.299. The lowest BCUT2D eigenvalue weighted by Gasteiger charge is -2.38. The first kappa shape index (κ1) is 18.2. The van der Waals surface area contributed by atoms with Crippen LogP contribution in [-0.4, -0.2) is 63.7 Å². The Morgan fingerprint density at radius 1 is 1.03 bits per heavy atom. The number of carbonyl (C=O) groups excluding carboxylic acids is 1. The highest BCUT2D eigenvalue weighted by molar-refractivity contribution is 5.77. The van der Waals surface area contributed by atoms with Crippen LogP contribution in [0.25, 0.3) is 11.1 Å². The van der Waals surface area contributed by atoms with E-state index in [1.54, 1.807) is 51.2 Å². The van der Waals surface area contributed by atoms with Crippen LogP contribution in [0, 0.1) is 5.82 Å². The number of benzene rings is 1. The second kappa shape index (κ2) is 7.50. The first-order valence-electron chi connectivity index (χ1n) is 9.45. The number of amides is 1. The van der Waals surface area contributed by atoms with Crippen LogP contribution in [0.5, 0.6) is 0 Å². The quantitative estimate of drug-likeness (QED) is 0.473. The highest BCUT2D eigenvalue weighted by Crippen LogP contribution is 2.22. The fourth-order valence-corrected chi connectivity index (χ4v) is 3.34. The summed E-state index contributed by atoms with van der Waals surface area (Å²) in [5.41, 5.74) is 2.46. The van der Waals surface area contributed by atoms with Crippen LogP contribution in [0.15, 0.2) is 55.2 Å². The molecule has 0 radical (unpaired) electrons. The van der Waals surface area contributed by atoms with Gasteiger partial charge in [-0.2, -0.15) is 20.1 Å². The molecule has 1 saturated heterocycles. The molecule has 4 heterocycles. The van der Waals surface area contributed by atoms with Crippen molar-refractivity contribution in [3.8, 4) is 11.1 Å². The SMILES string of the molecule is O=C(Cn1cc(-c2ccc(F)cc2)cn1)N1CC(n2cc(Cn3nccn3)nn2)C1. The topological polar surface area (TPSA) is 99.6 Å². The Labute approximate surface area is 170 Å². The van der Waals surface area contributed by atoms with E-state index in [4.69, 9.17) is 0 Å². The van der Waals surface area contributed by atoms with Gasteiger partial charge in [0.25, 0.3) is 0 Å². The first-order valence-corrected chi connectivity index (χ1v) is 9.45. The van der Waals surface area contributed by atoms with Crippen molar-refractivity contribution in [3.05, 3.63) is 66.8 Å². The van der Waals surface area contributed by atoms with Crippen LogP contribution in [-0.2, 0) is 17.9 Å². The molecule has 152 valence electrons. The van der Waals surface area contributed by atoms with Crippen LogP contribution in [0.3, 0.4) is 0 Å². The van der Waals surface area contributed by atoms with E-state index >= 15 is 0 Å². The van der Waals surface area contributed by atoms with Crippen LogP contribution in [0.4, 0.5) is 4.39 Å². The monoisotopic (exact) mass is 407 g/mol. The van der Waals surface area contributed by atoms with Crippen molar-refractivity contribution in [2.24, 2.45) is 0 Å². The Balaban J connectivity index is 1.15. The van der Waals surface area contributed by atoms with Crippen molar-refractivity contribution in [1.29, 1.82) is 0 Å². The van der Waals surface area contributed by atoms with Crippen LogP contribution < -0.4 is 0 Å². The minimum absolute atomic E-state index is 0.0129. The molecule has 0 unspecified atom stereocenters. The molecule has 0 N–H and O–H groups in total. The third-order valence-corrected chi connectivity index (χ3v) is 5.02. The lowest BCUT2D eigenvalue weighted by Crippen LogP contribution is -2.51. The maximum atomic E-state index is 13.1. The van der Waals surface area contributed by atoms with Gasteiger partial charge >= 0.3 is 0 Å². The van der Waals surface area contributed by atoms with E-state index in [-0.39, 0.29) is 24.3 Å². The molecule has 4 aromatic rings. The summed E-state index contributed by atoms with van der Waals surface area (Å²) in [6.45, 7) is 1.76. The number of hydrogen-bond donors (Lipinski definition) is 0. The van der Waals surface area contributed by atoms with Gasteiger partial charge in [0.15, 0.2) is 0 Å². The molecule has 0 saturated carbocycles. The Bertz CT molecular complexity index is 1140. The first-order chi connectivity index (χ1) is 14.6. The standard InChI is InChI=1S/C19H18FN9O/c20-16-3-1-14(2-4-16)15-7-23-27(8-15)13-19(30)26-11-18(12-26)28-9-17(24-25-28)10-29-21-5-6-22-29/h1-9,18H,10-13H2. The number of likely N-dealkylation sites (tertiary alicyclic amines) is 1. The van der Waals surface area contributed by atoms with Crippen molar-refractivity contribution in [2.75, 3.05) is 13.1 Å². The predicted octanol–water partition coefficient (Wildman–Crippen LogP) is 1.00. The molecule has 30 heavy (non-hydrogen) atoms. The number of carbonyl (C=O) groups is 1. The molecule has 10 nitrogen and oxygen atoms in total. The molecule has 3 aromatic heterocycles. The van der Waals surface area contributed by atoms with Crippen LogP contribution in [0.1, 0.15) is 11.7 Å². The minimum Gasteiger partial charge on any atom is -0.337 e. The molecule has 0 atom stereocenters. The molecule has 1 aliphatic heterocycles. The number of aromatic nitrogens is 8. The van der Waals surface area contributed by atoms with Crippen LogP contribution >= 0.6 is 0 Å². The smallest absolute Gasteiger partial charge is 0.244 e. The third kappa shape index (κ3) is 3.69. The van der Waals surface area contributed by atoms with Gasteiger partial charge in [-0.25, -0.2) is 9.07 Å².